The van der Waals surface area contributed by atoms with E-state index in [4.69, 9.17) is 11.6 Å². The van der Waals surface area contributed by atoms with Crippen LogP contribution in [0.15, 0.2) is 24.3 Å². The number of pyridine rings is 1. The highest BCUT2D eigenvalue weighted by Crippen LogP contribution is 2.22. The molecule has 3 aromatic heterocycles. The summed E-state index contributed by atoms with van der Waals surface area (Å²) in [5.41, 5.74) is 2.84. The maximum atomic E-state index is 6.03. The van der Waals surface area contributed by atoms with E-state index < -0.39 is 0 Å². The number of imidazole rings is 1. The van der Waals surface area contributed by atoms with Gasteiger partial charge in [0.25, 0.3) is 0 Å². The molecule has 0 saturated carbocycles. The number of aromatic nitrogens is 3. The van der Waals surface area contributed by atoms with Crippen LogP contribution in [0.2, 0.25) is 0 Å². The van der Waals surface area contributed by atoms with Crippen molar-refractivity contribution in [3.63, 3.8) is 0 Å². The number of nitrogens with zero attached hydrogens (tertiary/aromatic N) is 3. The number of fused-ring (bicyclic) bond motifs is 1. The van der Waals surface area contributed by atoms with Gasteiger partial charge in [-0.2, -0.15) is 0 Å². The Labute approximate surface area is 127 Å². The lowest BCUT2D eigenvalue weighted by atomic mass is 10.3. The fourth-order valence-corrected chi connectivity index (χ4v) is 3.42. The SMILES string of the molecule is CCc1ccc(Cn2c(CCl)nc3ccc(C)nc32)s1. The summed E-state index contributed by atoms with van der Waals surface area (Å²) in [6, 6.07) is 8.37. The van der Waals surface area contributed by atoms with E-state index in [1.54, 1.807) is 0 Å². The molecule has 0 radical (unpaired) electrons. The number of alkyl halides is 1. The molecule has 3 nitrogen and oxygen atoms in total. The van der Waals surface area contributed by atoms with Gasteiger partial charge in [-0.15, -0.1) is 22.9 Å². The lowest BCUT2D eigenvalue weighted by molar-refractivity contribution is 0.779. The highest BCUT2D eigenvalue weighted by molar-refractivity contribution is 7.11. The van der Waals surface area contributed by atoms with Crippen LogP contribution in [0.25, 0.3) is 11.2 Å². The van der Waals surface area contributed by atoms with Gasteiger partial charge in [0.2, 0.25) is 0 Å². The molecule has 5 heteroatoms. The summed E-state index contributed by atoms with van der Waals surface area (Å²) >= 11 is 7.88. The summed E-state index contributed by atoms with van der Waals surface area (Å²) in [6.07, 6.45) is 1.08. The van der Waals surface area contributed by atoms with E-state index in [9.17, 15) is 0 Å². The van der Waals surface area contributed by atoms with Crippen LogP contribution < -0.4 is 0 Å². The highest BCUT2D eigenvalue weighted by atomic mass is 35.5. The van der Waals surface area contributed by atoms with Crippen molar-refractivity contribution >= 4 is 34.1 Å². The molecule has 3 heterocycles. The van der Waals surface area contributed by atoms with Gasteiger partial charge < -0.3 is 4.57 Å². The first kappa shape index (κ1) is 13.6. The minimum Gasteiger partial charge on any atom is -0.306 e. The Morgan fingerprint density at radius 1 is 1.15 bits per heavy atom. The Morgan fingerprint density at radius 2 is 1.95 bits per heavy atom. The number of halogens is 1. The van der Waals surface area contributed by atoms with Crippen LogP contribution in [0.3, 0.4) is 0 Å². The van der Waals surface area contributed by atoms with Crippen molar-refractivity contribution in [1.82, 2.24) is 14.5 Å². The van der Waals surface area contributed by atoms with E-state index >= 15 is 0 Å². The number of thiophene rings is 1. The lowest BCUT2D eigenvalue weighted by Crippen LogP contribution is -2.03. The fraction of sp³-hybridized carbons (Fsp3) is 0.333. The Kier molecular flexibility index (Phi) is 3.76. The quantitative estimate of drug-likeness (QED) is 0.678. The average molecular weight is 306 g/mol. The van der Waals surface area contributed by atoms with Crippen LogP contribution in [0.1, 0.15) is 28.2 Å². The third-order valence-electron chi connectivity index (χ3n) is 3.31. The molecule has 0 aliphatic heterocycles. The third-order valence-corrected chi connectivity index (χ3v) is 4.76. The molecule has 104 valence electrons. The minimum atomic E-state index is 0.404. The van der Waals surface area contributed by atoms with Crippen molar-refractivity contribution in [2.75, 3.05) is 0 Å². The average Bonchev–Trinajstić information content (AvgIpc) is 3.04. The summed E-state index contributed by atoms with van der Waals surface area (Å²) in [6.45, 7) is 4.97. The van der Waals surface area contributed by atoms with Crippen molar-refractivity contribution in [3.05, 3.63) is 45.5 Å². The standard InChI is InChI=1S/C15H16ClN3S/c1-3-11-5-6-12(20-11)9-19-14(8-16)18-13-7-4-10(2)17-15(13)19/h4-7H,3,8-9H2,1-2H3. The van der Waals surface area contributed by atoms with Gasteiger partial charge in [-0.3, -0.25) is 0 Å². The van der Waals surface area contributed by atoms with Gasteiger partial charge in [0.15, 0.2) is 5.65 Å². The molecule has 3 aromatic rings. The zero-order valence-corrected chi connectivity index (χ0v) is 13.1. The molecule has 0 aliphatic rings. The van der Waals surface area contributed by atoms with Gasteiger partial charge in [0.05, 0.1) is 12.4 Å². The zero-order valence-electron chi connectivity index (χ0n) is 11.6. The summed E-state index contributed by atoms with van der Waals surface area (Å²) < 4.78 is 2.13. The monoisotopic (exact) mass is 305 g/mol. The van der Waals surface area contributed by atoms with Crippen molar-refractivity contribution in [2.24, 2.45) is 0 Å². The van der Waals surface area contributed by atoms with Crippen molar-refractivity contribution in [3.8, 4) is 0 Å². The molecule has 0 fully saturated rings. The fourth-order valence-electron chi connectivity index (χ4n) is 2.26. The number of hydrogen-bond acceptors (Lipinski definition) is 3. The molecule has 0 aromatic carbocycles. The summed E-state index contributed by atoms with van der Waals surface area (Å²) in [4.78, 5) is 11.9. The van der Waals surface area contributed by atoms with Crippen molar-refractivity contribution < 1.29 is 0 Å². The second-order valence-electron chi connectivity index (χ2n) is 4.76. The summed E-state index contributed by atoms with van der Waals surface area (Å²) in [7, 11) is 0. The molecule has 20 heavy (non-hydrogen) atoms. The number of hydrogen-bond donors (Lipinski definition) is 0. The van der Waals surface area contributed by atoms with Crippen LogP contribution in [0.5, 0.6) is 0 Å². The summed E-state index contributed by atoms with van der Waals surface area (Å²) in [5, 5.41) is 0. The maximum Gasteiger partial charge on any atom is 0.160 e. The molecule has 0 aliphatic carbocycles. The first-order valence-corrected chi connectivity index (χ1v) is 8.02. The molecule has 0 atom stereocenters. The van der Waals surface area contributed by atoms with E-state index in [-0.39, 0.29) is 0 Å². The molecule has 0 amide bonds. The van der Waals surface area contributed by atoms with E-state index in [1.807, 2.05) is 30.4 Å². The largest absolute Gasteiger partial charge is 0.306 e. The zero-order chi connectivity index (χ0) is 14.1. The number of aryl methyl sites for hydroxylation is 2. The van der Waals surface area contributed by atoms with E-state index in [0.717, 1.165) is 35.6 Å². The number of rotatable bonds is 4. The Bertz CT molecular complexity index is 745. The van der Waals surface area contributed by atoms with Gasteiger partial charge in [0.1, 0.15) is 11.3 Å². The Balaban J connectivity index is 2.06. The Hall–Kier alpha value is -1.39. The predicted octanol–water partition coefficient (Wildman–Crippen LogP) is 4.15. The molecule has 0 spiro atoms. The van der Waals surface area contributed by atoms with Gasteiger partial charge in [-0.05, 0) is 37.6 Å². The molecule has 0 saturated heterocycles. The van der Waals surface area contributed by atoms with Gasteiger partial charge >= 0.3 is 0 Å². The van der Waals surface area contributed by atoms with Gasteiger partial charge in [-0.1, -0.05) is 6.92 Å². The minimum absolute atomic E-state index is 0.404. The smallest absolute Gasteiger partial charge is 0.160 e. The van der Waals surface area contributed by atoms with Crippen LogP contribution in [0, 0.1) is 6.92 Å². The first-order chi connectivity index (χ1) is 9.71. The lowest BCUT2D eigenvalue weighted by Gasteiger charge is -2.05. The maximum absolute atomic E-state index is 6.03. The molecular formula is C15H16ClN3S. The van der Waals surface area contributed by atoms with Crippen LogP contribution >= 0.6 is 22.9 Å². The normalized spacial score (nSPS) is 11.3. The molecule has 3 rings (SSSR count). The third kappa shape index (κ3) is 2.45. The van der Waals surface area contributed by atoms with E-state index in [0.29, 0.717) is 5.88 Å². The van der Waals surface area contributed by atoms with Gasteiger partial charge in [-0.25, -0.2) is 9.97 Å². The van der Waals surface area contributed by atoms with Gasteiger partial charge in [0, 0.05) is 15.4 Å². The topological polar surface area (TPSA) is 30.7 Å². The van der Waals surface area contributed by atoms with Crippen LogP contribution in [0.4, 0.5) is 0 Å². The van der Waals surface area contributed by atoms with E-state index in [2.05, 4.69) is 33.6 Å². The highest BCUT2D eigenvalue weighted by Gasteiger charge is 2.12. The predicted molar refractivity (Wildman–Crippen MR) is 84.6 cm³/mol. The molecular weight excluding hydrogens is 290 g/mol. The van der Waals surface area contributed by atoms with Crippen molar-refractivity contribution in [2.45, 2.75) is 32.7 Å². The first-order valence-electron chi connectivity index (χ1n) is 6.67. The molecule has 0 bridgehead atoms. The van der Waals surface area contributed by atoms with E-state index in [1.165, 1.54) is 9.75 Å². The molecule has 0 unspecified atom stereocenters. The second-order valence-corrected chi connectivity index (χ2v) is 6.28. The van der Waals surface area contributed by atoms with Crippen LogP contribution in [-0.4, -0.2) is 14.5 Å². The van der Waals surface area contributed by atoms with Crippen LogP contribution in [-0.2, 0) is 18.8 Å². The Morgan fingerprint density at radius 3 is 2.65 bits per heavy atom. The second kappa shape index (κ2) is 5.54. The molecule has 0 N–H and O–H groups in total. The van der Waals surface area contributed by atoms with Crippen molar-refractivity contribution in [1.29, 1.82) is 0 Å². The summed E-state index contributed by atoms with van der Waals surface area (Å²) in [5.74, 6) is 1.28.